The fourth-order valence-corrected chi connectivity index (χ4v) is 2.07. The average molecular weight is 277 g/mol. The summed E-state index contributed by atoms with van der Waals surface area (Å²) in [4.78, 5) is 0. The molecule has 2 aromatic carbocycles. The first kappa shape index (κ1) is 13.2. The molecule has 18 heavy (non-hydrogen) atoms. The molecule has 0 N–H and O–H groups in total. The van der Waals surface area contributed by atoms with Crippen molar-refractivity contribution in [3.05, 3.63) is 76.8 Å². The van der Waals surface area contributed by atoms with Crippen molar-refractivity contribution in [2.24, 2.45) is 0 Å². The maximum absolute atomic E-state index is 6.33. The van der Waals surface area contributed by atoms with Crippen LogP contribution in [0.5, 0.6) is 0 Å². The lowest BCUT2D eigenvalue weighted by Gasteiger charge is -2.06. The number of allylic oxidation sites excluding steroid dienone is 1. The summed E-state index contributed by atoms with van der Waals surface area (Å²) in [7, 11) is 0. The van der Waals surface area contributed by atoms with Crippen molar-refractivity contribution in [1.29, 1.82) is 0 Å². The number of halogens is 2. The largest absolute Gasteiger partial charge is 0.117 e. The van der Waals surface area contributed by atoms with Crippen LogP contribution in [-0.2, 0) is 0 Å². The minimum Gasteiger partial charge on any atom is -0.117 e. The quantitative estimate of drug-likeness (QED) is 0.626. The van der Waals surface area contributed by atoms with Crippen molar-refractivity contribution >= 4 is 29.3 Å². The van der Waals surface area contributed by atoms with Gasteiger partial charge in [-0.2, -0.15) is 0 Å². The minimum absolute atomic E-state index is 0.0118. The van der Waals surface area contributed by atoms with Crippen LogP contribution in [0.2, 0.25) is 5.02 Å². The molecule has 0 aliphatic rings. The Morgan fingerprint density at radius 1 is 0.944 bits per heavy atom. The second kappa shape index (κ2) is 6.63. The van der Waals surface area contributed by atoms with Gasteiger partial charge in [0.2, 0.25) is 0 Å². The maximum Gasteiger partial charge on any atom is 0.0619 e. The van der Waals surface area contributed by atoms with E-state index in [0.29, 0.717) is 0 Å². The van der Waals surface area contributed by atoms with Crippen LogP contribution in [0.4, 0.5) is 0 Å². The zero-order valence-corrected chi connectivity index (χ0v) is 11.4. The molecule has 0 fully saturated rings. The van der Waals surface area contributed by atoms with E-state index < -0.39 is 0 Å². The van der Waals surface area contributed by atoms with Gasteiger partial charge in [-0.25, -0.2) is 0 Å². The van der Waals surface area contributed by atoms with Gasteiger partial charge >= 0.3 is 0 Å². The van der Waals surface area contributed by atoms with E-state index in [1.807, 2.05) is 42.5 Å². The molecule has 0 nitrogen and oxygen atoms in total. The van der Waals surface area contributed by atoms with E-state index in [1.165, 1.54) is 5.56 Å². The van der Waals surface area contributed by atoms with Crippen LogP contribution in [0.3, 0.4) is 0 Å². The van der Waals surface area contributed by atoms with E-state index in [4.69, 9.17) is 23.2 Å². The van der Waals surface area contributed by atoms with Gasteiger partial charge < -0.3 is 0 Å². The number of alkyl halides is 1. The highest BCUT2D eigenvalue weighted by Crippen LogP contribution is 2.26. The fraction of sp³-hybridized carbons (Fsp3) is 0.125. The molecule has 1 atom stereocenters. The van der Waals surface area contributed by atoms with Crippen LogP contribution < -0.4 is 0 Å². The third-order valence-corrected chi connectivity index (χ3v) is 3.37. The second-order valence-electron chi connectivity index (χ2n) is 4.07. The summed E-state index contributed by atoms with van der Waals surface area (Å²) in [6.45, 7) is 0. The second-order valence-corrected chi connectivity index (χ2v) is 5.03. The zero-order chi connectivity index (χ0) is 12.8. The molecule has 2 rings (SSSR count). The van der Waals surface area contributed by atoms with Gasteiger partial charge in [0, 0.05) is 5.02 Å². The van der Waals surface area contributed by atoms with Crippen molar-refractivity contribution in [2.75, 3.05) is 0 Å². The van der Waals surface area contributed by atoms with E-state index >= 15 is 0 Å². The predicted molar refractivity (Wildman–Crippen MR) is 80.1 cm³/mol. The summed E-state index contributed by atoms with van der Waals surface area (Å²) in [6, 6.07) is 17.9. The van der Waals surface area contributed by atoms with E-state index in [9.17, 15) is 0 Å². The van der Waals surface area contributed by atoms with Gasteiger partial charge in [0.15, 0.2) is 0 Å². The van der Waals surface area contributed by atoms with Crippen molar-refractivity contribution in [3.8, 4) is 0 Å². The number of hydrogen-bond donors (Lipinski definition) is 0. The highest BCUT2D eigenvalue weighted by atomic mass is 35.5. The molecule has 0 aliphatic heterocycles. The summed E-state index contributed by atoms with van der Waals surface area (Å²) in [5.41, 5.74) is 2.29. The lowest BCUT2D eigenvalue weighted by Crippen LogP contribution is -1.87. The Kier molecular flexibility index (Phi) is 4.86. The van der Waals surface area contributed by atoms with Crippen molar-refractivity contribution in [2.45, 2.75) is 11.8 Å². The molecular formula is C16H14Cl2. The Hall–Kier alpha value is -1.24. The van der Waals surface area contributed by atoms with Gasteiger partial charge in [-0.05, 0) is 29.7 Å². The first-order valence-corrected chi connectivity index (χ1v) is 6.68. The summed E-state index contributed by atoms with van der Waals surface area (Å²) in [5, 5.41) is 0.727. The Bertz CT molecular complexity index is 500. The first-order chi connectivity index (χ1) is 8.75. The number of benzene rings is 2. The van der Waals surface area contributed by atoms with Gasteiger partial charge in [0.1, 0.15) is 0 Å². The van der Waals surface area contributed by atoms with Crippen molar-refractivity contribution in [1.82, 2.24) is 0 Å². The van der Waals surface area contributed by atoms with Gasteiger partial charge in [-0.15, -0.1) is 11.6 Å². The smallest absolute Gasteiger partial charge is 0.0619 e. The molecule has 0 bridgehead atoms. The first-order valence-electron chi connectivity index (χ1n) is 5.87. The molecule has 0 saturated carbocycles. The summed E-state index contributed by atoms with van der Waals surface area (Å²) < 4.78 is 0. The molecule has 0 aromatic heterocycles. The van der Waals surface area contributed by atoms with Crippen LogP contribution in [-0.4, -0.2) is 0 Å². The Morgan fingerprint density at radius 3 is 2.28 bits per heavy atom. The molecule has 0 spiro atoms. The molecule has 92 valence electrons. The molecular weight excluding hydrogens is 263 g/mol. The molecule has 2 heteroatoms. The van der Waals surface area contributed by atoms with Gasteiger partial charge in [0.05, 0.1) is 5.38 Å². The van der Waals surface area contributed by atoms with Gasteiger partial charge in [0.25, 0.3) is 0 Å². The Morgan fingerprint density at radius 2 is 1.61 bits per heavy atom. The lowest BCUT2D eigenvalue weighted by molar-refractivity contribution is 0.960. The molecule has 1 unspecified atom stereocenters. The van der Waals surface area contributed by atoms with E-state index in [2.05, 4.69) is 24.3 Å². The van der Waals surface area contributed by atoms with Crippen LogP contribution in [0.25, 0.3) is 6.08 Å². The average Bonchev–Trinajstić information content (AvgIpc) is 2.40. The monoisotopic (exact) mass is 276 g/mol. The SMILES string of the molecule is Clc1ccc(C(Cl)C/C=C/c2ccccc2)cc1. The predicted octanol–water partition coefficient (Wildman–Crippen LogP) is 5.72. The fourth-order valence-electron chi connectivity index (χ4n) is 1.70. The van der Waals surface area contributed by atoms with E-state index in [0.717, 1.165) is 17.0 Å². The number of hydrogen-bond acceptors (Lipinski definition) is 0. The van der Waals surface area contributed by atoms with E-state index in [-0.39, 0.29) is 5.38 Å². The van der Waals surface area contributed by atoms with Gasteiger partial charge in [-0.1, -0.05) is 66.2 Å². The standard InChI is InChI=1S/C16H14Cl2/c17-15-11-9-14(10-12-15)16(18)8-4-7-13-5-2-1-3-6-13/h1-7,9-12,16H,8H2/b7-4+. The molecule has 0 radical (unpaired) electrons. The third-order valence-electron chi connectivity index (χ3n) is 2.68. The number of rotatable bonds is 4. The Labute approximate surface area is 118 Å². The molecule has 0 amide bonds. The minimum atomic E-state index is -0.0118. The summed E-state index contributed by atoms with van der Waals surface area (Å²) in [6.07, 6.45) is 4.99. The van der Waals surface area contributed by atoms with Gasteiger partial charge in [-0.3, -0.25) is 0 Å². The van der Waals surface area contributed by atoms with Crippen LogP contribution in [0.15, 0.2) is 60.7 Å². The van der Waals surface area contributed by atoms with Crippen LogP contribution >= 0.6 is 23.2 Å². The Balaban J connectivity index is 1.94. The lowest BCUT2D eigenvalue weighted by atomic mass is 10.1. The molecule has 2 aromatic rings. The highest BCUT2D eigenvalue weighted by molar-refractivity contribution is 6.30. The summed E-state index contributed by atoms with van der Waals surface area (Å²) in [5.74, 6) is 0. The summed E-state index contributed by atoms with van der Waals surface area (Å²) >= 11 is 12.2. The maximum atomic E-state index is 6.33. The normalized spacial score (nSPS) is 12.8. The topological polar surface area (TPSA) is 0 Å². The highest BCUT2D eigenvalue weighted by Gasteiger charge is 2.04. The van der Waals surface area contributed by atoms with Crippen molar-refractivity contribution < 1.29 is 0 Å². The van der Waals surface area contributed by atoms with E-state index in [1.54, 1.807) is 0 Å². The van der Waals surface area contributed by atoms with Crippen molar-refractivity contribution in [3.63, 3.8) is 0 Å². The molecule has 0 aliphatic carbocycles. The van der Waals surface area contributed by atoms with Crippen LogP contribution in [0.1, 0.15) is 22.9 Å². The van der Waals surface area contributed by atoms with Crippen LogP contribution in [0, 0.1) is 0 Å². The molecule has 0 saturated heterocycles. The third kappa shape index (κ3) is 3.90. The molecule has 0 heterocycles. The zero-order valence-electron chi connectivity index (χ0n) is 9.89.